The van der Waals surface area contributed by atoms with Gasteiger partial charge >= 0.3 is 0 Å². The minimum Gasteiger partial charge on any atom is -0.298 e. The molecule has 2 aliphatic heterocycles. The highest BCUT2D eigenvalue weighted by Gasteiger charge is 2.56. The van der Waals surface area contributed by atoms with Crippen LogP contribution in [-0.2, 0) is 6.54 Å². The predicted octanol–water partition coefficient (Wildman–Crippen LogP) is 4.71. The third-order valence-corrected chi connectivity index (χ3v) is 6.73. The van der Waals surface area contributed by atoms with Crippen LogP contribution < -0.4 is 0 Å². The van der Waals surface area contributed by atoms with Gasteiger partial charge in [0.05, 0.1) is 11.1 Å². The molecular weight excluding hydrogens is 398 g/mol. The molecule has 2 aromatic rings. The van der Waals surface area contributed by atoms with E-state index in [4.69, 9.17) is 0 Å². The van der Waals surface area contributed by atoms with E-state index in [0.29, 0.717) is 24.2 Å². The first kappa shape index (κ1) is 21.6. The summed E-state index contributed by atoms with van der Waals surface area (Å²) in [6.45, 7) is 6.15. The molecule has 2 aromatic carbocycles. The first-order valence-electron chi connectivity index (χ1n) is 10.7. The van der Waals surface area contributed by atoms with Crippen molar-refractivity contribution in [2.75, 3.05) is 19.6 Å². The molecule has 0 spiro atoms. The Bertz CT molecular complexity index is 955. The summed E-state index contributed by atoms with van der Waals surface area (Å²) in [5, 5.41) is 0. The molecule has 6 heteroatoms. The van der Waals surface area contributed by atoms with Crippen LogP contribution in [0.2, 0.25) is 0 Å². The molecule has 2 unspecified atom stereocenters. The number of piperidine rings is 1. The van der Waals surface area contributed by atoms with Crippen LogP contribution in [0.25, 0.3) is 0 Å². The topological polar surface area (TPSA) is 40.6 Å². The van der Waals surface area contributed by atoms with E-state index in [1.165, 1.54) is 0 Å². The minimum absolute atomic E-state index is 0.0362. The van der Waals surface area contributed by atoms with E-state index in [2.05, 4.69) is 4.90 Å². The average molecular weight is 427 g/mol. The van der Waals surface area contributed by atoms with Gasteiger partial charge in [-0.2, -0.15) is 0 Å². The lowest BCUT2D eigenvalue weighted by molar-refractivity contribution is -0.180. The van der Waals surface area contributed by atoms with Gasteiger partial charge in [-0.15, -0.1) is 0 Å². The van der Waals surface area contributed by atoms with Crippen LogP contribution in [0.15, 0.2) is 54.6 Å². The van der Waals surface area contributed by atoms with Crippen LogP contribution in [0.5, 0.6) is 0 Å². The van der Waals surface area contributed by atoms with Crippen LogP contribution in [0.3, 0.4) is 0 Å². The molecule has 1 fully saturated rings. The van der Waals surface area contributed by atoms with Crippen molar-refractivity contribution < 1.29 is 18.4 Å². The van der Waals surface area contributed by atoms with Gasteiger partial charge in [-0.05, 0) is 23.1 Å². The van der Waals surface area contributed by atoms with Gasteiger partial charge in [0, 0.05) is 38.0 Å². The highest BCUT2D eigenvalue weighted by atomic mass is 19.3. The van der Waals surface area contributed by atoms with E-state index in [0.717, 1.165) is 10.5 Å². The van der Waals surface area contributed by atoms with E-state index in [-0.39, 0.29) is 13.1 Å². The third kappa shape index (κ3) is 3.89. The molecule has 0 bridgehead atoms. The van der Waals surface area contributed by atoms with Crippen molar-refractivity contribution in [3.05, 3.63) is 71.3 Å². The molecule has 0 radical (unpaired) electrons. The molecule has 0 aromatic heterocycles. The zero-order valence-corrected chi connectivity index (χ0v) is 18.1. The third-order valence-electron chi connectivity index (χ3n) is 6.73. The minimum atomic E-state index is -2.89. The van der Waals surface area contributed by atoms with Crippen LogP contribution in [0.4, 0.5) is 8.78 Å². The summed E-state index contributed by atoms with van der Waals surface area (Å²) in [5.41, 5.74) is 0.813. The number of carbonyl (C=O) groups excluding carboxylic acids is 2. The number of alkyl halides is 2. The van der Waals surface area contributed by atoms with Gasteiger partial charge in [-0.1, -0.05) is 63.2 Å². The molecule has 2 aliphatic rings. The van der Waals surface area contributed by atoms with Crippen molar-refractivity contribution in [1.29, 1.82) is 0 Å². The number of amides is 2. The molecule has 0 saturated carbocycles. The van der Waals surface area contributed by atoms with Crippen molar-refractivity contribution in [1.82, 2.24) is 9.80 Å². The quantitative estimate of drug-likeness (QED) is 0.650. The molecule has 2 heterocycles. The lowest BCUT2D eigenvalue weighted by Crippen LogP contribution is -2.59. The number of imide groups is 1. The largest absolute Gasteiger partial charge is 0.298 e. The molecule has 2 amide bonds. The van der Waals surface area contributed by atoms with Gasteiger partial charge in [0.25, 0.3) is 17.7 Å². The molecule has 164 valence electrons. The van der Waals surface area contributed by atoms with Crippen molar-refractivity contribution in [3.63, 3.8) is 0 Å². The Morgan fingerprint density at radius 2 is 1.48 bits per heavy atom. The second-order valence-corrected chi connectivity index (χ2v) is 9.54. The fourth-order valence-electron chi connectivity index (χ4n) is 4.95. The van der Waals surface area contributed by atoms with Gasteiger partial charge in [0.15, 0.2) is 0 Å². The number of carbonyl (C=O) groups is 2. The first-order chi connectivity index (χ1) is 14.6. The summed E-state index contributed by atoms with van der Waals surface area (Å²) in [6, 6.07) is 16.5. The lowest BCUT2D eigenvalue weighted by Gasteiger charge is -2.49. The second kappa shape index (κ2) is 7.83. The van der Waals surface area contributed by atoms with E-state index in [1.807, 2.05) is 30.3 Å². The van der Waals surface area contributed by atoms with Gasteiger partial charge in [-0.3, -0.25) is 19.4 Å². The summed E-state index contributed by atoms with van der Waals surface area (Å²) < 4.78 is 30.8. The van der Waals surface area contributed by atoms with Crippen LogP contribution in [0.1, 0.15) is 47.1 Å². The van der Waals surface area contributed by atoms with E-state index < -0.39 is 35.0 Å². The Hall–Kier alpha value is -2.60. The van der Waals surface area contributed by atoms with Crippen molar-refractivity contribution >= 4 is 11.8 Å². The fourth-order valence-corrected chi connectivity index (χ4v) is 4.95. The highest BCUT2D eigenvalue weighted by molar-refractivity contribution is 6.21. The Balaban J connectivity index is 1.56. The van der Waals surface area contributed by atoms with Crippen LogP contribution in [-0.4, -0.2) is 47.2 Å². The van der Waals surface area contributed by atoms with Crippen LogP contribution in [0, 0.1) is 17.3 Å². The zero-order chi connectivity index (χ0) is 22.4. The van der Waals surface area contributed by atoms with Gasteiger partial charge < -0.3 is 0 Å². The SMILES string of the molecule is CC1CN(Cc2ccccc2)CC(C(C)(C)CN2C(=O)c3ccccc3C2=O)C1(F)F. The average Bonchev–Trinajstić information content (AvgIpc) is 2.96. The molecule has 1 saturated heterocycles. The molecule has 0 aliphatic carbocycles. The Morgan fingerprint density at radius 3 is 2.06 bits per heavy atom. The Kier molecular flexibility index (Phi) is 5.46. The Morgan fingerprint density at radius 1 is 0.935 bits per heavy atom. The summed E-state index contributed by atoms with van der Waals surface area (Å²) in [4.78, 5) is 28.8. The van der Waals surface area contributed by atoms with E-state index in [1.54, 1.807) is 45.0 Å². The molecule has 4 nitrogen and oxygen atoms in total. The molecular formula is C25H28F2N2O2. The van der Waals surface area contributed by atoms with Crippen molar-refractivity contribution in [2.45, 2.75) is 33.2 Å². The van der Waals surface area contributed by atoms with Crippen LogP contribution >= 0.6 is 0 Å². The monoisotopic (exact) mass is 426 g/mol. The normalized spacial score (nSPS) is 23.8. The summed E-state index contributed by atoms with van der Waals surface area (Å²) in [5.74, 6) is -5.51. The molecule has 0 N–H and O–H groups in total. The Labute approximate surface area is 181 Å². The highest BCUT2D eigenvalue weighted by Crippen LogP contribution is 2.47. The van der Waals surface area contributed by atoms with Gasteiger partial charge in [0.2, 0.25) is 0 Å². The maximum Gasteiger partial charge on any atom is 0.261 e. The maximum atomic E-state index is 15.4. The van der Waals surface area contributed by atoms with Crippen molar-refractivity contribution in [2.24, 2.45) is 17.3 Å². The number of fused-ring (bicyclic) bond motifs is 1. The van der Waals surface area contributed by atoms with Gasteiger partial charge in [-0.25, -0.2) is 8.78 Å². The lowest BCUT2D eigenvalue weighted by atomic mass is 9.69. The number of halogens is 2. The number of hydrogen-bond donors (Lipinski definition) is 0. The first-order valence-corrected chi connectivity index (χ1v) is 10.7. The van der Waals surface area contributed by atoms with E-state index >= 15 is 8.78 Å². The summed E-state index contributed by atoms with van der Waals surface area (Å²) in [7, 11) is 0. The summed E-state index contributed by atoms with van der Waals surface area (Å²) in [6.07, 6.45) is 0. The number of benzene rings is 2. The second-order valence-electron chi connectivity index (χ2n) is 9.54. The molecule has 31 heavy (non-hydrogen) atoms. The smallest absolute Gasteiger partial charge is 0.261 e. The van der Waals surface area contributed by atoms with E-state index in [9.17, 15) is 9.59 Å². The zero-order valence-electron chi connectivity index (χ0n) is 18.1. The maximum absolute atomic E-state index is 15.4. The standard InChI is InChI=1S/C25H28F2N2O2/c1-17-13-28(14-18-9-5-4-6-10-18)15-21(25(17,26)27)24(2,3)16-29-22(30)19-11-7-8-12-20(19)23(29)31/h4-12,17,21H,13-16H2,1-3H3. The molecule has 2 atom stereocenters. The van der Waals surface area contributed by atoms with Gasteiger partial charge in [0.1, 0.15) is 0 Å². The summed E-state index contributed by atoms with van der Waals surface area (Å²) >= 11 is 0. The number of likely N-dealkylation sites (tertiary alicyclic amines) is 1. The number of rotatable bonds is 5. The number of hydrogen-bond acceptors (Lipinski definition) is 3. The predicted molar refractivity (Wildman–Crippen MR) is 115 cm³/mol. The number of nitrogens with zero attached hydrogens (tertiary/aromatic N) is 2. The van der Waals surface area contributed by atoms with Crippen molar-refractivity contribution in [3.8, 4) is 0 Å². The fraction of sp³-hybridized carbons (Fsp3) is 0.440. The molecule has 4 rings (SSSR count).